The van der Waals surface area contributed by atoms with Crippen molar-refractivity contribution in [3.63, 3.8) is 0 Å². The first-order valence-corrected chi connectivity index (χ1v) is 7.40. The van der Waals surface area contributed by atoms with Crippen LogP contribution in [0.15, 0.2) is 22.7 Å². The van der Waals surface area contributed by atoms with Gasteiger partial charge in [0.1, 0.15) is 11.6 Å². The van der Waals surface area contributed by atoms with Crippen LogP contribution >= 0.6 is 0 Å². The predicted octanol–water partition coefficient (Wildman–Crippen LogP) is 3.23. The average molecular weight is 307 g/mol. The quantitative estimate of drug-likeness (QED) is 0.851. The minimum absolute atomic E-state index is 0.113. The van der Waals surface area contributed by atoms with Crippen molar-refractivity contribution in [1.82, 2.24) is 15.5 Å². The number of nitrogens with zero attached hydrogens (tertiary/aromatic N) is 2. The van der Waals surface area contributed by atoms with Crippen LogP contribution in [0.25, 0.3) is 0 Å². The van der Waals surface area contributed by atoms with Crippen molar-refractivity contribution >= 4 is 0 Å². The third-order valence-electron chi connectivity index (χ3n) is 3.46. The lowest BCUT2D eigenvalue weighted by Crippen LogP contribution is -2.22. The second-order valence-corrected chi connectivity index (χ2v) is 5.51. The number of methoxy groups -OCH3 is 1. The van der Waals surface area contributed by atoms with Gasteiger partial charge in [-0.15, -0.1) is 0 Å². The fraction of sp³-hybridized carbons (Fsp3) is 0.500. The van der Waals surface area contributed by atoms with Crippen molar-refractivity contribution in [3.05, 3.63) is 41.3 Å². The molecule has 0 aliphatic rings. The van der Waals surface area contributed by atoms with Crippen LogP contribution in [0, 0.1) is 5.82 Å². The zero-order chi connectivity index (χ0) is 16.1. The molecule has 1 atom stereocenters. The van der Waals surface area contributed by atoms with Gasteiger partial charge < -0.3 is 14.6 Å². The molecule has 0 radical (unpaired) electrons. The van der Waals surface area contributed by atoms with Crippen LogP contribution in [0.5, 0.6) is 5.75 Å². The van der Waals surface area contributed by atoms with E-state index >= 15 is 0 Å². The summed E-state index contributed by atoms with van der Waals surface area (Å²) < 4.78 is 24.1. The van der Waals surface area contributed by atoms with E-state index in [2.05, 4.69) is 15.5 Å². The lowest BCUT2D eigenvalue weighted by atomic mass is 10.1. The second-order valence-electron chi connectivity index (χ2n) is 5.51. The molecule has 1 N–H and O–H groups in total. The van der Waals surface area contributed by atoms with Gasteiger partial charge in [0.15, 0.2) is 5.82 Å². The van der Waals surface area contributed by atoms with Gasteiger partial charge in [-0.1, -0.05) is 25.1 Å². The first-order chi connectivity index (χ1) is 10.5. The van der Waals surface area contributed by atoms with Crippen LogP contribution in [-0.2, 0) is 6.42 Å². The Labute approximate surface area is 129 Å². The molecule has 0 bridgehead atoms. The van der Waals surface area contributed by atoms with E-state index in [-0.39, 0.29) is 17.8 Å². The summed E-state index contributed by atoms with van der Waals surface area (Å²) in [6, 6.07) is 4.76. The Morgan fingerprint density at radius 1 is 1.32 bits per heavy atom. The van der Waals surface area contributed by atoms with Crippen LogP contribution in [0.4, 0.5) is 4.39 Å². The fourth-order valence-electron chi connectivity index (χ4n) is 2.10. The highest BCUT2D eigenvalue weighted by Crippen LogP contribution is 2.21. The molecule has 0 saturated heterocycles. The van der Waals surface area contributed by atoms with Crippen molar-refractivity contribution in [2.75, 3.05) is 13.7 Å². The Hall–Kier alpha value is -1.95. The van der Waals surface area contributed by atoms with E-state index in [9.17, 15) is 4.39 Å². The molecule has 22 heavy (non-hydrogen) atoms. The molecule has 6 heteroatoms. The van der Waals surface area contributed by atoms with Gasteiger partial charge in [0, 0.05) is 36.6 Å². The molecular formula is C16H22FN3O2. The van der Waals surface area contributed by atoms with Gasteiger partial charge in [-0.2, -0.15) is 4.98 Å². The number of aromatic nitrogens is 2. The van der Waals surface area contributed by atoms with E-state index in [1.165, 1.54) is 13.2 Å². The number of nitrogens with one attached hydrogen (secondary N) is 1. The molecule has 1 heterocycles. The van der Waals surface area contributed by atoms with E-state index in [1.54, 1.807) is 12.1 Å². The molecule has 0 aliphatic heterocycles. The van der Waals surface area contributed by atoms with Crippen molar-refractivity contribution in [1.29, 1.82) is 0 Å². The molecule has 0 fully saturated rings. The molecule has 2 aromatic rings. The van der Waals surface area contributed by atoms with Crippen LogP contribution in [0.2, 0.25) is 0 Å². The normalized spacial score (nSPS) is 12.6. The van der Waals surface area contributed by atoms with Crippen LogP contribution in [0.1, 0.15) is 50.0 Å². The van der Waals surface area contributed by atoms with E-state index in [1.807, 2.05) is 20.8 Å². The predicted molar refractivity (Wildman–Crippen MR) is 81.5 cm³/mol. The maximum atomic E-state index is 14.0. The Kier molecular flexibility index (Phi) is 5.49. The highest BCUT2D eigenvalue weighted by molar-refractivity contribution is 5.30. The van der Waals surface area contributed by atoms with Crippen molar-refractivity contribution in [2.45, 2.75) is 39.2 Å². The van der Waals surface area contributed by atoms with Gasteiger partial charge in [-0.3, -0.25) is 0 Å². The number of hydrogen-bond acceptors (Lipinski definition) is 5. The fourth-order valence-corrected chi connectivity index (χ4v) is 2.10. The van der Waals surface area contributed by atoms with Gasteiger partial charge in [0.05, 0.1) is 7.11 Å². The minimum Gasteiger partial charge on any atom is -0.497 e. The maximum Gasteiger partial charge on any atom is 0.227 e. The lowest BCUT2D eigenvalue weighted by molar-refractivity contribution is 0.366. The van der Waals surface area contributed by atoms with Crippen LogP contribution in [0.3, 0.4) is 0 Å². The molecule has 120 valence electrons. The highest BCUT2D eigenvalue weighted by atomic mass is 19.1. The van der Waals surface area contributed by atoms with E-state index in [0.29, 0.717) is 36.0 Å². The summed E-state index contributed by atoms with van der Waals surface area (Å²) in [4.78, 5) is 4.31. The molecule has 2 rings (SSSR count). The summed E-state index contributed by atoms with van der Waals surface area (Å²) in [6.07, 6.45) is 0.613. The monoisotopic (exact) mass is 307 g/mol. The molecule has 1 aromatic carbocycles. The topological polar surface area (TPSA) is 60.2 Å². The number of ether oxygens (including phenoxy) is 1. The van der Waals surface area contributed by atoms with Gasteiger partial charge >= 0.3 is 0 Å². The summed E-state index contributed by atoms with van der Waals surface area (Å²) in [5.74, 6) is 1.79. The highest BCUT2D eigenvalue weighted by Gasteiger charge is 2.13. The summed E-state index contributed by atoms with van der Waals surface area (Å²) in [5, 5.41) is 7.17. The second kappa shape index (κ2) is 7.35. The summed E-state index contributed by atoms with van der Waals surface area (Å²) in [5.41, 5.74) is 0.606. The van der Waals surface area contributed by atoms with Gasteiger partial charge in [0.2, 0.25) is 5.89 Å². The van der Waals surface area contributed by atoms with Crippen molar-refractivity contribution < 1.29 is 13.7 Å². The zero-order valence-corrected chi connectivity index (χ0v) is 13.4. The van der Waals surface area contributed by atoms with E-state index < -0.39 is 0 Å². The SMILES string of the molecule is COc1ccc([C@H](C)NCCc2nc(C(C)C)no2)c(F)c1. The molecular weight excluding hydrogens is 285 g/mol. The average Bonchev–Trinajstić information content (AvgIpc) is 2.96. The largest absolute Gasteiger partial charge is 0.497 e. The molecule has 0 unspecified atom stereocenters. The number of halogens is 1. The first kappa shape index (κ1) is 16.4. The number of rotatable bonds is 7. The third-order valence-corrected chi connectivity index (χ3v) is 3.46. The van der Waals surface area contributed by atoms with Crippen LogP contribution in [-0.4, -0.2) is 23.8 Å². The molecule has 5 nitrogen and oxygen atoms in total. The molecule has 0 saturated carbocycles. The maximum absolute atomic E-state index is 14.0. The molecule has 1 aromatic heterocycles. The van der Waals surface area contributed by atoms with Crippen molar-refractivity contribution in [2.24, 2.45) is 0 Å². The van der Waals surface area contributed by atoms with Gasteiger partial charge in [-0.05, 0) is 13.0 Å². The Bertz CT molecular complexity index is 613. The standard InChI is InChI=1S/C16H22FN3O2/c1-10(2)16-19-15(22-20-16)7-8-18-11(3)13-6-5-12(21-4)9-14(13)17/h5-6,9-11,18H,7-8H2,1-4H3/t11-/m0/s1. The van der Waals surface area contributed by atoms with Gasteiger partial charge in [0.25, 0.3) is 0 Å². The minimum atomic E-state index is -0.278. The van der Waals surface area contributed by atoms with Crippen LogP contribution < -0.4 is 10.1 Å². The van der Waals surface area contributed by atoms with Crippen molar-refractivity contribution in [3.8, 4) is 5.75 Å². The Morgan fingerprint density at radius 3 is 2.68 bits per heavy atom. The van der Waals surface area contributed by atoms with E-state index in [4.69, 9.17) is 9.26 Å². The Balaban J connectivity index is 1.88. The summed E-state index contributed by atoms with van der Waals surface area (Å²) in [6.45, 7) is 6.58. The third kappa shape index (κ3) is 4.04. The first-order valence-electron chi connectivity index (χ1n) is 7.40. The molecule has 0 aliphatic carbocycles. The lowest BCUT2D eigenvalue weighted by Gasteiger charge is -2.15. The van der Waals surface area contributed by atoms with Gasteiger partial charge in [-0.25, -0.2) is 4.39 Å². The Morgan fingerprint density at radius 2 is 2.09 bits per heavy atom. The molecule has 0 spiro atoms. The number of hydrogen-bond donors (Lipinski definition) is 1. The molecule has 0 amide bonds. The number of benzene rings is 1. The summed E-state index contributed by atoms with van der Waals surface area (Å²) >= 11 is 0. The smallest absolute Gasteiger partial charge is 0.227 e. The summed E-state index contributed by atoms with van der Waals surface area (Å²) in [7, 11) is 1.52. The van der Waals surface area contributed by atoms with E-state index in [0.717, 1.165) is 0 Å². The zero-order valence-electron chi connectivity index (χ0n) is 13.4.